The van der Waals surface area contributed by atoms with Crippen molar-refractivity contribution in [2.24, 2.45) is 0 Å². The fourth-order valence-corrected chi connectivity index (χ4v) is 3.40. The number of hydrogen-bond donors (Lipinski definition) is 1. The van der Waals surface area contributed by atoms with E-state index in [2.05, 4.69) is 9.97 Å². The number of para-hydroxylation sites is 1. The highest BCUT2D eigenvalue weighted by atomic mass is 32.1. The number of rotatable bonds is 5. The number of likely N-dealkylation sites (N-methyl/N-ethyl adjacent to an activating group) is 1. The van der Waals surface area contributed by atoms with Crippen LogP contribution < -0.4 is 5.56 Å². The van der Waals surface area contributed by atoms with E-state index in [1.807, 2.05) is 31.2 Å². The number of carbonyl (C=O) groups excluding carboxylic acids is 2. The highest BCUT2D eigenvalue weighted by Crippen LogP contribution is 2.28. The van der Waals surface area contributed by atoms with Crippen molar-refractivity contribution >= 4 is 33.4 Å². The van der Waals surface area contributed by atoms with Crippen molar-refractivity contribution in [1.29, 1.82) is 0 Å². The molecule has 0 radical (unpaired) electrons. The maximum Gasteiger partial charge on any atom is 0.344 e. The fraction of sp³-hybridized carbons (Fsp3) is 0.222. The number of aromatic nitrogens is 2. The number of ether oxygens (including phenoxy) is 1. The summed E-state index contributed by atoms with van der Waals surface area (Å²) in [6.45, 7) is 1.41. The second-order valence-corrected chi connectivity index (χ2v) is 6.75. The van der Waals surface area contributed by atoms with Gasteiger partial charge in [0.15, 0.2) is 6.61 Å². The van der Waals surface area contributed by atoms with Crippen molar-refractivity contribution in [1.82, 2.24) is 14.9 Å². The number of aromatic amines is 1. The summed E-state index contributed by atoms with van der Waals surface area (Å²) < 4.78 is 6.02. The molecular formula is C18H17N3O4S. The smallest absolute Gasteiger partial charge is 0.344 e. The van der Waals surface area contributed by atoms with Gasteiger partial charge in [0.05, 0.1) is 16.3 Å². The van der Waals surface area contributed by atoms with Gasteiger partial charge in [-0.25, -0.2) is 9.78 Å². The quantitative estimate of drug-likeness (QED) is 0.695. The number of nitrogens with zero attached hydrogens (tertiary/aromatic N) is 2. The maximum atomic E-state index is 12.3. The molecule has 8 heteroatoms. The molecule has 0 saturated carbocycles. The van der Waals surface area contributed by atoms with E-state index >= 15 is 0 Å². The second kappa shape index (κ2) is 7.49. The molecule has 0 saturated heterocycles. The second-order valence-electron chi connectivity index (χ2n) is 5.69. The van der Waals surface area contributed by atoms with E-state index in [0.29, 0.717) is 0 Å². The van der Waals surface area contributed by atoms with Gasteiger partial charge >= 0.3 is 5.97 Å². The van der Waals surface area contributed by atoms with Crippen molar-refractivity contribution in [3.8, 4) is 0 Å². The number of H-pyrrole nitrogens is 1. The number of esters is 1. The molecule has 134 valence electrons. The fourth-order valence-electron chi connectivity index (χ4n) is 2.34. The van der Waals surface area contributed by atoms with Crippen LogP contribution in [0.3, 0.4) is 0 Å². The van der Waals surface area contributed by atoms with E-state index in [4.69, 9.17) is 4.74 Å². The largest absolute Gasteiger partial charge is 0.452 e. The third-order valence-electron chi connectivity index (χ3n) is 4.01. The zero-order valence-electron chi connectivity index (χ0n) is 14.3. The number of pyridine rings is 1. The minimum Gasteiger partial charge on any atom is -0.452 e. The molecule has 26 heavy (non-hydrogen) atoms. The predicted molar refractivity (Wildman–Crippen MR) is 98.2 cm³/mol. The van der Waals surface area contributed by atoms with Crippen molar-refractivity contribution in [2.75, 3.05) is 13.7 Å². The number of fused-ring (bicyclic) bond motifs is 1. The first-order valence-corrected chi connectivity index (χ1v) is 8.75. The first kappa shape index (κ1) is 17.8. The Morgan fingerprint density at radius 3 is 2.77 bits per heavy atom. The Labute approximate surface area is 153 Å². The molecule has 3 aromatic rings. The highest BCUT2D eigenvalue weighted by molar-refractivity contribution is 7.18. The number of hydrogen-bond acceptors (Lipinski definition) is 6. The van der Waals surface area contributed by atoms with Crippen molar-refractivity contribution < 1.29 is 14.3 Å². The SMILES string of the molecule is C[C@@H](c1nc2ccccc2s1)N(C)C(=O)COC(=O)c1ccc[nH]c1=O. The Morgan fingerprint density at radius 1 is 1.27 bits per heavy atom. The lowest BCUT2D eigenvalue weighted by molar-refractivity contribution is -0.135. The van der Waals surface area contributed by atoms with Gasteiger partial charge in [-0.15, -0.1) is 11.3 Å². The summed E-state index contributed by atoms with van der Waals surface area (Å²) in [6.07, 6.45) is 1.41. The summed E-state index contributed by atoms with van der Waals surface area (Å²) >= 11 is 1.52. The molecule has 1 amide bonds. The molecule has 2 heterocycles. The van der Waals surface area contributed by atoms with E-state index in [0.717, 1.165) is 15.2 Å². The summed E-state index contributed by atoms with van der Waals surface area (Å²) in [5, 5.41) is 0.799. The highest BCUT2D eigenvalue weighted by Gasteiger charge is 2.22. The monoisotopic (exact) mass is 371 g/mol. The van der Waals surface area contributed by atoms with E-state index in [1.54, 1.807) is 7.05 Å². The molecule has 7 nitrogen and oxygen atoms in total. The zero-order chi connectivity index (χ0) is 18.7. The minimum absolute atomic E-state index is 0.137. The van der Waals surface area contributed by atoms with Gasteiger partial charge in [-0.3, -0.25) is 9.59 Å². The van der Waals surface area contributed by atoms with Crippen LogP contribution in [-0.2, 0) is 9.53 Å². The van der Waals surface area contributed by atoms with E-state index in [-0.39, 0.29) is 17.5 Å². The zero-order valence-corrected chi connectivity index (χ0v) is 15.1. The molecule has 0 aliphatic heterocycles. The van der Waals surface area contributed by atoms with Gasteiger partial charge in [-0.05, 0) is 31.2 Å². The molecule has 0 spiro atoms. The predicted octanol–water partition coefficient (Wildman–Crippen LogP) is 2.36. The van der Waals surface area contributed by atoms with Crippen LogP contribution in [0, 0.1) is 0 Å². The third-order valence-corrected chi connectivity index (χ3v) is 5.21. The van der Waals surface area contributed by atoms with Crippen LogP contribution in [0.5, 0.6) is 0 Å². The van der Waals surface area contributed by atoms with Gasteiger partial charge in [0.25, 0.3) is 11.5 Å². The standard InChI is InChI=1S/C18H17N3O4S/c1-11(17-20-13-7-3-4-8-14(13)26-17)21(2)15(22)10-25-18(24)12-6-5-9-19-16(12)23/h3-9,11H,10H2,1-2H3,(H,19,23)/t11-/m0/s1. The van der Waals surface area contributed by atoms with E-state index < -0.39 is 18.1 Å². The average Bonchev–Trinajstić information content (AvgIpc) is 3.09. The van der Waals surface area contributed by atoms with Crippen LogP contribution in [0.1, 0.15) is 28.3 Å². The number of nitrogens with one attached hydrogen (secondary N) is 1. The Balaban J connectivity index is 1.64. The van der Waals surface area contributed by atoms with Crippen molar-refractivity contribution in [3.63, 3.8) is 0 Å². The molecule has 1 atom stereocenters. The first-order chi connectivity index (χ1) is 12.5. The van der Waals surface area contributed by atoms with E-state index in [9.17, 15) is 14.4 Å². The molecule has 1 N–H and O–H groups in total. The molecule has 1 aromatic carbocycles. The van der Waals surface area contributed by atoms with Crippen molar-refractivity contribution in [2.45, 2.75) is 13.0 Å². The van der Waals surface area contributed by atoms with Gasteiger partial charge in [-0.2, -0.15) is 0 Å². The van der Waals surface area contributed by atoms with Crippen LogP contribution in [0.2, 0.25) is 0 Å². The summed E-state index contributed by atoms with van der Waals surface area (Å²) in [5.41, 5.74) is 0.193. The molecule has 0 fully saturated rings. The van der Waals surface area contributed by atoms with Crippen LogP contribution in [-0.4, -0.2) is 40.4 Å². The lowest BCUT2D eigenvalue weighted by atomic mass is 10.3. The molecule has 0 bridgehead atoms. The van der Waals surface area contributed by atoms with Gasteiger partial charge in [0.1, 0.15) is 10.6 Å². The molecule has 0 unspecified atom stereocenters. The summed E-state index contributed by atoms with van der Waals surface area (Å²) in [5.74, 6) is -1.21. The van der Waals surface area contributed by atoms with E-state index in [1.165, 1.54) is 34.6 Å². The topological polar surface area (TPSA) is 92.4 Å². The molecule has 2 aromatic heterocycles. The Hall–Kier alpha value is -3.00. The molecule has 3 rings (SSSR count). The van der Waals surface area contributed by atoms with Crippen LogP contribution in [0.4, 0.5) is 0 Å². The molecular weight excluding hydrogens is 354 g/mol. The summed E-state index contributed by atoms with van der Waals surface area (Å²) in [6, 6.07) is 10.3. The van der Waals surface area contributed by atoms with Crippen LogP contribution in [0.15, 0.2) is 47.4 Å². The number of amides is 1. The molecule has 0 aliphatic rings. The Bertz CT molecular complexity index is 978. The first-order valence-electron chi connectivity index (χ1n) is 7.93. The van der Waals surface area contributed by atoms with Crippen molar-refractivity contribution in [3.05, 3.63) is 63.5 Å². The normalized spacial score (nSPS) is 11.9. The van der Waals surface area contributed by atoms with Crippen LogP contribution in [0.25, 0.3) is 10.2 Å². The van der Waals surface area contributed by atoms with Gasteiger partial charge in [0.2, 0.25) is 0 Å². The van der Waals surface area contributed by atoms with Gasteiger partial charge < -0.3 is 14.6 Å². The average molecular weight is 371 g/mol. The molecule has 0 aliphatic carbocycles. The minimum atomic E-state index is -0.832. The van der Waals surface area contributed by atoms with Crippen LogP contribution >= 0.6 is 11.3 Å². The maximum absolute atomic E-state index is 12.3. The summed E-state index contributed by atoms with van der Waals surface area (Å²) in [7, 11) is 1.63. The van der Waals surface area contributed by atoms with Gasteiger partial charge in [-0.1, -0.05) is 12.1 Å². The number of thiazole rings is 1. The number of benzene rings is 1. The Kier molecular flexibility index (Phi) is 5.13. The number of carbonyl (C=O) groups is 2. The lowest BCUT2D eigenvalue weighted by Crippen LogP contribution is -2.34. The van der Waals surface area contributed by atoms with Gasteiger partial charge in [0, 0.05) is 13.2 Å². The third kappa shape index (κ3) is 3.65. The lowest BCUT2D eigenvalue weighted by Gasteiger charge is -2.23. The Morgan fingerprint density at radius 2 is 2.04 bits per heavy atom. The summed E-state index contributed by atoms with van der Waals surface area (Å²) in [4.78, 5) is 44.2.